The van der Waals surface area contributed by atoms with Gasteiger partial charge in [0.2, 0.25) is 0 Å². The third-order valence-corrected chi connectivity index (χ3v) is 3.68. The lowest BCUT2D eigenvalue weighted by Crippen LogP contribution is -2.06. The molecule has 0 amide bonds. The number of rotatable bonds is 6. The van der Waals surface area contributed by atoms with Crippen LogP contribution in [0, 0.1) is 0 Å². The Morgan fingerprint density at radius 1 is 1.15 bits per heavy atom. The zero-order chi connectivity index (χ0) is 15.2. The van der Waals surface area contributed by atoms with Crippen molar-refractivity contribution in [3.05, 3.63) is 77.8 Å². The molecule has 0 spiro atoms. The third kappa shape index (κ3) is 4.55. The first kappa shape index (κ1) is 16.0. The topological polar surface area (TPSA) is 43.4 Å². The fourth-order valence-corrected chi connectivity index (χ4v) is 2.25. The molecule has 1 aromatic rings. The molecule has 20 heavy (non-hydrogen) atoms. The van der Waals surface area contributed by atoms with E-state index in [1.165, 1.54) is 12.2 Å². The quantitative estimate of drug-likeness (QED) is 0.451. The maximum Gasteiger partial charge on any atom is 0.339 e. The largest absolute Gasteiger partial charge is 0.379 e. The molecule has 0 heterocycles. The lowest BCUT2D eigenvalue weighted by molar-refractivity contribution is 0.472. The fourth-order valence-electron chi connectivity index (χ4n) is 1.35. The molecular weight excluding hydrogens is 272 g/mol. The van der Waals surface area contributed by atoms with Crippen molar-refractivity contribution in [1.82, 2.24) is 0 Å². The number of benzene rings is 1. The highest BCUT2D eigenvalue weighted by Crippen LogP contribution is 2.21. The van der Waals surface area contributed by atoms with E-state index in [0.29, 0.717) is 5.56 Å². The Morgan fingerprint density at radius 3 is 2.25 bits per heavy atom. The average molecular weight is 290 g/mol. The van der Waals surface area contributed by atoms with Gasteiger partial charge < -0.3 is 4.18 Å². The van der Waals surface area contributed by atoms with E-state index >= 15 is 0 Å². The van der Waals surface area contributed by atoms with Crippen molar-refractivity contribution in [2.45, 2.75) is 13.8 Å². The molecule has 1 rings (SSSR count). The van der Waals surface area contributed by atoms with Crippen molar-refractivity contribution in [3.63, 3.8) is 0 Å². The molecule has 3 nitrogen and oxygen atoms in total. The van der Waals surface area contributed by atoms with Crippen molar-refractivity contribution in [3.8, 4) is 0 Å². The summed E-state index contributed by atoms with van der Waals surface area (Å²) in [4.78, 5) is -0.00391. The molecule has 0 aliphatic rings. The van der Waals surface area contributed by atoms with Gasteiger partial charge in [0.25, 0.3) is 0 Å². The van der Waals surface area contributed by atoms with E-state index in [1.54, 1.807) is 30.3 Å². The molecule has 0 aliphatic heterocycles. The maximum atomic E-state index is 12.1. The van der Waals surface area contributed by atoms with Crippen LogP contribution in [0.1, 0.15) is 19.4 Å². The lowest BCUT2D eigenvalue weighted by atomic mass is 10.2. The Bertz CT molecular complexity index is 646. The highest BCUT2D eigenvalue weighted by molar-refractivity contribution is 7.91. The lowest BCUT2D eigenvalue weighted by Gasteiger charge is -2.09. The predicted molar refractivity (Wildman–Crippen MR) is 83.2 cm³/mol. The van der Waals surface area contributed by atoms with Crippen LogP contribution in [0.4, 0.5) is 0 Å². The Labute approximate surface area is 120 Å². The second-order valence-corrected chi connectivity index (χ2v) is 5.89. The monoisotopic (exact) mass is 290 g/mol. The minimum atomic E-state index is -3.92. The normalized spacial score (nSPS) is 11.6. The minimum absolute atomic E-state index is 0.00391. The van der Waals surface area contributed by atoms with E-state index < -0.39 is 10.1 Å². The van der Waals surface area contributed by atoms with E-state index in [9.17, 15) is 8.42 Å². The summed E-state index contributed by atoms with van der Waals surface area (Å²) >= 11 is 0. The van der Waals surface area contributed by atoms with Crippen LogP contribution < -0.4 is 0 Å². The van der Waals surface area contributed by atoms with Crippen LogP contribution in [0.25, 0.3) is 5.76 Å². The second-order valence-electron chi connectivity index (χ2n) is 4.34. The van der Waals surface area contributed by atoms with Gasteiger partial charge in [0.05, 0.1) is 0 Å². The Hall–Kier alpha value is -2.07. The summed E-state index contributed by atoms with van der Waals surface area (Å²) in [6, 6.07) is 8.85. The van der Waals surface area contributed by atoms with Crippen LogP contribution in [0.15, 0.2) is 72.2 Å². The molecule has 0 saturated carbocycles. The van der Waals surface area contributed by atoms with E-state index in [1.807, 2.05) is 19.9 Å². The van der Waals surface area contributed by atoms with E-state index in [4.69, 9.17) is 4.18 Å². The van der Waals surface area contributed by atoms with E-state index in [0.717, 1.165) is 5.57 Å². The van der Waals surface area contributed by atoms with Gasteiger partial charge in [0.15, 0.2) is 0 Å². The second kappa shape index (κ2) is 6.91. The summed E-state index contributed by atoms with van der Waals surface area (Å²) in [6.07, 6.45) is 4.38. The van der Waals surface area contributed by atoms with Gasteiger partial charge in [-0.2, -0.15) is 8.42 Å². The Morgan fingerprint density at radius 2 is 1.75 bits per heavy atom. The summed E-state index contributed by atoms with van der Waals surface area (Å²) < 4.78 is 29.2. The molecule has 0 saturated heterocycles. The van der Waals surface area contributed by atoms with Gasteiger partial charge in [-0.25, -0.2) is 0 Å². The number of hydrogen-bond acceptors (Lipinski definition) is 3. The van der Waals surface area contributed by atoms with E-state index in [-0.39, 0.29) is 10.7 Å². The van der Waals surface area contributed by atoms with Crippen LogP contribution >= 0.6 is 0 Å². The van der Waals surface area contributed by atoms with E-state index in [2.05, 4.69) is 13.2 Å². The van der Waals surface area contributed by atoms with Gasteiger partial charge in [0, 0.05) is 5.56 Å². The maximum absolute atomic E-state index is 12.1. The number of allylic oxidation sites excluding steroid dienone is 4. The van der Waals surface area contributed by atoms with Crippen molar-refractivity contribution in [2.75, 3.05) is 0 Å². The summed E-state index contributed by atoms with van der Waals surface area (Å²) in [5, 5.41) is 0. The molecule has 106 valence electrons. The summed E-state index contributed by atoms with van der Waals surface area (Å²) in [7, 11) is -3.92. The Balaban J connectivity index is 3.00. The standard InChI is InChI=1S/C16H18O3S/c1-5-16(12-11-13(2)3)20(17,18)19-14(4)15-9-7-6-8-10-15/h5-12H,1,4H2,2-3H3/b16-12+. The summed E-state index contributed by atoms with van der Waals surface area (Å²) in [5.74, 6) is 0.0792. The van der Waals surface area contributed by atoms with Gasteiger partial charge >= 0.3 is 10.1 Å². The van der Waals surface area contributed by atoms with Crippen LogP contribution in [-0.4, -0.2) is 8.42 Å². The zero-order valence-electron chi connectivity index (χ0n) is 11.7. The first-order chi connectivity index (χ1) is 9.36. The highest BCUT2D eigenvalue weighted by atomic mass is 32.2. The van der Waals surface area contributed by atoms with Gasteiger partial charge in [0.1, 0.15) is 10.7 Å². The summed E-state index contributed by atoms with van der Waals surface area (Å²) in [6.45, 7) is 10.9. The van der Waals surface area contributed by atoms with Gasteiger partial charge in [-0.05, 0) is 26.0 Å². The van der Waals surface area contributed by atoms with Crippen molar-refractivity contribution < 1.29 is 12.6 Å². The van der Waals surface area contributed by atoms with Crippen molar-refractivity contribution in [2.24, 2.45) is 0 Å². The molecule has 4 heteroatoms. The van der Waals surface area contributed by atoms with Crippen LogP contribution in [-0.2, 0) is 14.3 Å². The molecule has 0 aromatic heterocycles. The molecular formula is C16H18O3S. The fraction of sp³-hybridized carbons (Fsp3) is 0.125. The highest BCUT2D eigenvalue weighted by Gasteiger charge is 2.18. The molecule has 0 bridgehead atoms. The van der Waals surface area contributed by atoms with Gasteiger partial charge in [-0.15, -0.1) is 0 Å². The molecule has 1 aromatic carbocycles. The Kier molecular flexibility index (Phi) is 5.53. The summed E-state index contributed by atoms with van der Waals surface area (Å²) in [5.41, 5.74) is 1.59. The molecule has 0 atom stereocenters. The average Bonchev–Trinajstić information content (AvgIpc) is 2.39. The first-order valence-corrected chi connectivity index (χ1v) is 7.44. The SMILES string of the molecule is C=C/C(=C\C=C(C)C)S(=O)(=O)OC(=C)c1ccccc1. The third-order valence-electron chi connectivity index (χ3n) is 2.38. The number of hydrogen-bond donors (Lipinski definition) is 0. The van der Waals surface area contributed by atoms with Crippen molar-refractivity contribution in [1.29, 1.82) is 0 Å². The van der Waals surface area contributed by atoms with Crippen LogP contribution in [0.3, 0.4) is 0 Å². The minimum Gasteiger partial charge on any atom is -0.379 e. The molecule has 0 radical (unpaired) electrons. The van der Waals surface area contributed by atoms with Gasteiger partial charge in [-0.3, -0.25) is 0 Å². The molecule has 0 aliphatic carbocycles. The zero-order valence-corrected chi connectivity index (χ0v) is 12.5. The molecule has 0 fully saturated rings. The van der Waals surface area contributed by atoms with Crippen LogP contribution in [0.2, 0.25) is 0 Å². The first-order valence-electron chi connectivity index (χ1n) is 6.03. The molecule has 0 unspecified atom stereocenters. The van der Waals surface area contributed by atoms with Crippen molar-refractivity contribution >= 4 is 15.9 Å². The van der Waals surface area contributed by atoms with Gasteiger partial charge in [-0.1, -0.05) is 55.1 Å². The smallest absolute Gasteiger partial charge is 0.339 e. The van der Waals surface area contributed by atoms with Crippen LogP contribution in [0.5, 0.6) is 0 Å². The molecule has 0 N–H and O–H groups in total. The predicted octanol–water partition coefficient (Wildman–Crippen LogP) is 4.04.